The van der Waals surface area contributed by atoms with Crippen LogP contribution in [0.1, 0.15) is 26.7 Å². The molecule has 1 heterocycles. The number of rotatable bonds is 5. The number of imide groups is 1. The summed E-state index contributed by atoms with van der Waals surface area (Å²) >= 11 is 0. The van der Waals surface area contributed by atoms with E-state index in [1.165, 1.54) is 4.90 Å². The van der Waals surface area contributed by atoms with Crippen molar-refractivity contribution in [2.75, 3.05) is 13.1 Å². The number of urea groups is 1. The van der Waals surface area contributed by atoms with E-state index in [0.717, 1.165) is 0 Å². The van der Waals surface area contributed by atoms with Crippen molar-refractivity contribution in [3.63, 3.8) is 0 Å². The summed E-state index contributed by atoms with van der Waals surface area (Å²) in [6.45, 7) is 4.98. The average molecular weight is 213 g/mol. The molecule has 0 spiro atoms. The molecule has 1 unspecified atom stereocenters. The lowest BCUT2D eigenvalue weighted by Crippen LogP contribution is -2.33. The number of hydrogen-bond donors (Lipinski definition) is 2. The predicted octanol–water partition coefficient (Wildman–Crippen LogP) is 0.302. The minimum absolute atomic E-state index is 0.109. The Morgan fingerprint density at radius 3 is 2.67 bits per heavy atom. The van der Waals surface area contributed by atoms with Crippen LogP contribution in [0, 0.1) is 5.92 Å². The number of amides is 3. The first kappa shape index (κ1) is 12.0. The summed E-state index contributed by atoms with van der Waals surface area (Å²) in [6, 6.07) is -0.616. The van der Waals surface area contributed by atoms with Gasteiger partial charge in [-0.1, -0.05) is 13.8 Å². The third-order valence-corrected chi connectivity index (χ3v) is 2.40. The van der Waals surface area contributed by atoms with Gasteiger partial charge in [-0.3, -0.25) is 9.69 Å². The van der Waals surface area contributed by atoms with E-state index in [9.17, 15) is 9.59 Å². The number of hydrogen-bond acceptors (Lipinski definition) is 3. The summed E-state index contributed by atoms with van der Waals surface area (Å²) in [5, 5.41) is 2.69. The van der Waals surface area contributed by atoms with Crippen molar-refractivity contribution >= 4 is 11.9 Å². The van der Waals surface area contributed by atoms with E-state index in [0.29, 0.717) is 31.8 Å². The average Bonchev–Trinajstić information content (AvgIpc) is 2.39. The van der Waals surface area contributed by atoms with Gasteiger partial charge in [-0.15, -0.1) is 0 Å². The highest BCUT2D eigenvalue weighted by Crippen LogP contribution is 2.14. The van der Waals surface area contributed by atoms with Crippen molar-refractivity contribution in [3.8, 4) is 0 Å². The standard InChI is InChI=1S/C10H19N3O2/c1-7(2)6-8-9(14)13(5-3-4-11)10(15)12-8/h7-8H,3-6,11H2,1-2H3,(H,12,15). The number of nitrogens with one attached hydrogen (secondary N) is 1. The Kier molecular flexibility index (Phi) is 4.08. The Labute approximate surface area is 90.0 Å². The zero-order valence-corrected chi connectivity index (χ0v) is 9.32. The van der Waals surface area contributed by atoms with Gasteiger partial charge in [0.2, 0.25) is 0 Å². The maximum absolute atomic E-state index is 11.8. The molecule has 86 valence electrons. The molecule has 0 radical (unpaired) electrons. The van der Waals surface area contributed by atoms with E-state index in [-0.39, 0.29) is 18.0 Å². The number of carbonyl (C=O) groups is 2. The lowest BCUT2D eigenvalue weighted by Gasteiger charge is -2.12. The zero-order valence-electron chi connectivity index (χ0n) is 9.32. The van der Waals surface area contributed by atoms with Crippen LogP contribution in [0.3, 0.4) is 0 Å². The fourth-order valence-electron chi connectivity index (χ4n) is 1.67. The number of nitrogens with zero attached hydrogens (tertiary/aromatic N) is 1. The first-order valence-corrected chi connectivity index (χ1v) is 5.38. The monoisotopic (exact) mass is 213 g/mol. The lowest BCUT2D eigenvalue weighted by molar-refractivity contribution is -0.127. The van der Waals surface area contributed by atoms with Crippen LogP contribution < -0.4 is 11.1 Å². The van der Waals surface area contributed by atoms with Crippen LogP contribution in [0.25, 0.3) is 0 Å². The molecular weight excluding hydrogens is 194 g/mol. The van der Waals surface area contributed by atoms with Crippen LogP contribution in [0.2, 0.25) is 0 Å². The second-order valence-electron chi connectivity index (χ2n) is 4.26. The van der Waals surface area contributed by atoms with E-state index >= 15 is 0 Å². The van der Waals surface area contributed by atoms with Crippen molar-refractivity contribution in [2.24, 2.45) is 11.7 Å². The van der Waals surface area contributed by atoms with E-state index < -0.39 is 0 Å². The Morgan fingerprint density at radius 2 is 2.13 bits per heavy atom. The van der Waals surface area contributed by atoms with Crippen molar-refractivity contribution in [1.82, 2.24) is 10.2 Å². The van der Waals surface area contributed by atoms with Crippen LogP contribution >= 0.6 is 0 Å². The van der Waals surface area contributed by atoms with Gasteiger partial charge in [0.1, 0.15) is 6.04 Å². The minimum Gasteiger partial charge on any atom is -0.330 e. The highest BCUT2D eigenvalue weighted by molar-refractivity contribution is 6.04. The van der Waals surface area contributed by atoms with E-state index in [4.69, 9.17) is 5.73 Å². The second kappa shape index (κ2) is 5.11. The molecule has 0 aromatic heterocycles. The highest BCUT2D eigenvalue weighted by Gasteiger charge is 2.37. The SMILES string of the molecule is CC(C)CC1NC(=O)N(CCCN)C1=O. The van der Waals surface area contributed by atoms with E-state index in [2.05, 4.69) is 5.32 Å². The molecule has 0 bridgehead atoms. The maximum atomic E-state index is 11.8. The molecule has 15 heavy (non-hydrogen) atoms. The molecule has 1 aliphatic rings. The lowest BCUT2D eigenvalue weighted by atomic mass is 10.0. The van der Waals surface area contributed by atoms with Crippen LogP contribution in [-0.4, -0.2) is 36.0 Å². The molecule has 1 saturated heterocycles. The maximum Gasteiger partial charge on any atom is 0.324 e. The third kappa shape index (κ3) is 2.92. The fourth-order valence-corrected chi connectivity index (χ4v) is 1.67. The van der Waals surface area contributed by atoms with Gasteiger partial charge in [0, 0.05) is 6.54 Å². The van der Waals surface area contributed by atoms with Gasteiger partial charge in [-0.25, -0.2) is 4.79 Å². The first-order valence-electron chi connectivity index (χ1n) is 5.38. The number of nitrogens with two attached hydrogens (primary N) is 1. The van der Waals surface area contributed by atoms with E-state index in [1.807, 2.05) is 13.8 Å². The van der Waals surface area contributed by atoms with Crippen LogP contribution in [0.4, 0.5) is 4.79 Å². The smallest absolute Gasteiger partial charge is 0.324 e. The quantitative estimate of drug-likeness (QED) is 0.645. The van der Waals surface area contributed by atoms with E-state index in [1.54, 1.807) is 0 Å². The summed E-state index contributed by atoms with van der Waals surface area (Å²) in [7, 11) is 0. The Bertz CT molecular complexity index is 253. The summed E-state index contributed by atoms with van der Waals surface area (Å²) in [5.74, 6) is 0.288. The van der Waals surface area contributed by atoms with Crippen LogP contribution in [-0.2, 0) is 4.79 Å². The van der Waals surface area contributed by atoms with Gasteiger partial charge in [-0.05, 0) is 25.3 Å². The van der Waals surface area contributed by atoms with Gasteiger partial charge in [0.25, 0.3) is 5.91 Å². The Balaban J connectivity index is 2.54. The van der Waals surface area contributed by atoms with Crippen molar-refractivity contribution in [1.29, 1.82) is 0 Å². The molecule has 1 rings (SSSR count). The van der Waals surface area contributed by atoms with Gasteiger partial charge in [0.15, 0.2) is 0 Å². The molecule has 1 aliphatic heterocycles. The topological polar surface area (TPSA) is 75.4 Å². The first-order chi connectivity index (χ1) is 7.06. The van der Waals surface area contributed by atoms with Gasteiger partial charge < -0.3 is 11.1 Å². The Hall–Kier alpha value is -1.10. The predicted molar refractivity (Wildman–Crippen MR) is 57.2 cm³/mol. The summed E-state index contributed by atoms with van der Waals surface area (Å²) < 4.78 is 0. The van der Waals surface area contributed by atoms with Crippen LogP contribution in [0.5, 0.6) is 0 Å². The molecule has 0 aliphatic carbocycles. The van der Waals surface area contributed by atoms with Gasteiger partial charge >= 0.3 is 6.03 Å². The summed E-state index contributed by atoms with van der Waals surface area (Å²) in [5.41, 5.74) is 5.34. The molecule has 5 heteroatoms. The molecular formula is C10H19N3O2. The van der Waals surface area contributed by atoms with Crippen molar-refractivity contribution < 1.29 is 9.59 Å². The molecule has 0 aromatic carbocycles. The normalized spacial score (nSPS) is 21.3. The Morgan fingerprint density at radius 1 is 1.47 bits per heavy atom. The third-order valence-electron chi connectivity index (χ3n) is 2.40. The summed E-state index contributed by atoms with van der Waals surface area (Å²) in [6.07, 6.45) is 1.36. The largest absolute Gasteiger partial charge is 0.330 e. The second-order valence-corrected chi connectivity index (χ2v) is 4.26. The van der Waals surface area contributed by atoms with Gasteiger partial charge in [0.05, 0.1) is 0 Å². The zero-order chi connectivity index (χ0) is 11.4. The molecule has 3 amide bonds. The van der Waals surface area contributed by atoms with Crippen molar-refractivity contribution in [2.45, 2.75) is 32.7 Å². The molecule has 0 aromatic rings. The molecule has 1 atom stereocenters. The summed E-state index contributed by atoms with van der Waals surface area (Å²) in [4.78, 5) is 24.5. The van der Waals surface area contributed by atoms with Crippen molar-refractivity contribution in [3.05, 3.63) is 0 Å². The van der Waals surface area contributed by atoms with Crippen LogP contribution in [0.15, 0.2) is 0 Å². The molecule has 5 nitrogen and oxygen atoms in total. The number of carbonyl (C=O) groups excluding carboxylic acids is 2. The molecule has 1 fully saturated rings. The van der Waals surface area contributed by atoms with Gasteiger partial charge in [-0.2, -0.15) is 0 Å². The highest BCUT2D eigenvalue weighted by atomic mass is 16.2. The minimum atomic E-state index is -0.338. The molecule has 3 N–H and O–H groups in total. The molecule has 0 saturated carbocycles. The fraction of sp³-hybridized carbons (Fsp3) is 0.800.